The fourth-order valence-corrected chi connectivity index (χ4v) is 3.13. The Hall–Kier alpha value is -2.62. The number of aryl methyl sites for hydroxylation is 1. The summed E-state index contributed by atoms with van der Waals surface area (Å²) < 4.78 is 0. The van der Waals surface area contributed by atoms with Crippen molar-refractivity contribution in [1.29, 1.82) is 0 Å². The van der Waals surface area contributed by atoms with Gasteiger partial charge in [-0.1, -0.05) is 36.4 Å². The van der Waals surface area contributed by atoms with Gasteiger partial charge in [0.25, 0.3) is 0 Å². The number of amides is 2. The van der Waals surface area contributed by atoms with E-state index in [2.05, 4.69) is 5.32 Å². The van der Waals surface area contributed by atoms with Gasteiger partial charge in [0.1, 0.15) is 0 Å². The maximum Gasteiger partial charge on any atom is 0.235 e. The molecule has 0 aliphatic carbocycles. The van der Waals surface area contributed by atoms with E-state index in [1.807, 2.05) is 62.4 Å². The van der Waals surface area contributed by atoms with Crippen molar-refractivity contribution in [2.24, 2.45) is 0 Å². The number of hydrogen-bond donors (Lipinski definition) is 1. The predicted octanol–water partition coefficient (Wildman–Crippen LogP) is 3.47. The van der Waals surface area contributed by atoms with Gasteiger partial charge in [0.2, 0.25) is 11.8 Å². The van der Waals surface area contributed by atoms with E-state index in [-0.39, 0.29) is 18.2 Å². The van der Waals surface area contributed by atoms with Crippen molar-refractivity contribution in [3.05, 3.63) is 59.7 Å². The van der Waals surface area contributed by atoms with Gasteiger partial charge in [0, 0.05) is 24.3 Å². The monoisotopic (exact) mass is 308 g/mol. The maximum absolute atomic E-state index is 13.1. The summed E-state index contributed by atoms with van der Waals surface area (Å²) in [7, 11) is 0. The summed E-state index contributed by atoms with van der Waals surface area (Å²) >= 11 is 0. The third kappa shape index (κ3) is 2.84. The van der Waals surface area contributed by atoms with Crippen LogP contribution >= 0.6 is 0 Å². The number of anilines is 2. The van der Waals surface area contributed by atoms with Gasteiger partial charge in [-0.05, 0) is 37.1 Å². The van der Waals surface area contributed by atoms with Crippen molar-refractivity contribution >= 4 is 23.2 Å². The minimum atomic E-state index is -0.431. The van der Waals surface area contributed by atoms with Gasteiger partial charge in [0.05, 0.1) is 5.92 Å². The largest absolute Gasteiger partial charge is 0.326 e. The highest BCUT2D eigenvalue weighted by Crippen LogP contribution is 2.34. The van der Waals surface area contributed by atoms with Gasteiger partial charge in [-0.3, -0.25) is 9.59 Å². The molecule has 0 saturated heterocycles. The van der Waals surface area contributed by atoms with Gasteiger partial charge in [-0.25, -0.2) is 0 Å². The van der Waals surface area contributed by atoms with Crippen molar-refractivity contribution in [1.82, 2.24) is 0 Å². The van der Waals surface area contributed by atoms with E-state index in [1.165, 1.54) is 0 Å². The molecule has 1 aliphatic heterocycles. The summed E-state index contributed by atoms with van der Waals surface area (Å²) in [6.07, 6.45) is 0.193. The molecule has 2 amide bonds. The zero-order valence-corrected chi connectivity index (χ0v) is 13.4. The molecule has 1 N–H and O–H groups in total. The molecule has 0 radical (unpaired) electrons. The summed E-state index contributed by atoms with van der Waals surface area (Å²) in [5.74, 6) is -0.563. The molecule has 4 nitrogen and oxygen atoms in total. The summed E-state index contributed by atoms with van der Waals surface area (Å²) in [5, 5.41) is 2.84. The molecule has 0 bridgehead atoms. The number of carbonyl (C=O) groups is 2. The summed E-state index contributed by atoms with van der Waals surface area (Å²) in [6, 6.07) is 15.4. The highest BCUT2D eigenvalue weighted by atomic mass is 16.2. The first-order valence-electron chi connectivity index (χ1n) is 7.87. The van der Waals surface area contributed by atoms with Crippen LogP contribution in [0.3, 0.4) is 0 Å². The lowest BCUT2D eigenvalue weighted by atomic mass is 9.89. The Morgan fingerprint density at radius 1 is 1.17 bits per heavy atom. The van der Waals surface area contributed by atoms with Crippen LogP contribution in [-0.2, 0) is 9.59 Å². The first-order chi connectivity index (χ1) is 11.1. The zero-order chi connectivity index (χ0) is 16.4. The maximum atomic E-state index is 13.1. The molecule has 2 aromatic carbocycles. The van der Waals surface area contributed by atoms with Crippen LogP contribution in [0.15, 0.2) is 48.5 Å². The van der Waals surface area contributed by atoms with Crippen LogP contribution in [0.2, 0.25) is 0 Å². The average Bonchev–Trinajstić information content (AvgIpc) is 2.56. The van der Waals surface area contributed by atoms with Crippen molar-refractivity contribution in [3.63, 3.8) is 0 Å². The molecular formula is C19H20N2O2. The van der Waals surface area contributed by atoms with Gasteiger partial charge in [0.15, 0.2) is 0 Å². The normalized spacial score (nSPS) is 16.4. The number of rotatable bonds is 3. The molecule has 1 aliphatic rings. The topological polar surface area (TPSA) is 49.4 Å². The van der Waals surface area contributed by atoms with E-state index in [0.29, 0.717) is 6.54 Å². The number of nitrogens with zero attached hydrogens (tertiary/aromatic N) is 1. The van der Waals surface area contributed by atoms with Gasteiger partial charge >= 0.3 is 0 Å². The third-order valence-corrected chi connectivity index (χ3v) is 4.29. The van der Waals surface area contributed by atoms with Crippen LogP contribution in [-0.4, -0.2) is 18.4 Å². The molecule has 0 saturated carbocycles. The number of likely N-dealkylation sites (N-methyl/N-ethyl adjacent to an activating group) is 1. The van der Waals surface area contributed by atoms with Crippen LogP contribution in [0, 0.1) is 6.92 Å². The van der Waals surface area contributed by atoms with Crippen molar-refractivity contribution in [2.45, 2.75) is 26.2 Å². The Labute approximate surface area is 136 Å². The lowest BCUT2D eigenvalue weighted by Crippen LogP contribution is -2.39. The Balaban J connectivity index is 1.99. The fraction of sp³-hybridized carbons (Fsp3) is 0.263. The quantitative estimate of drug-likeness (QED) is 0.944. The van der Waals surface area contributed by atoms with E-state index in [4.69, 9.17) is 0 Å². The zero-order valence-electron chi connectivity index (χ0n) is 13.4. The first-order valence-corrected chi connectivity index (χ1v) is 7.87. The molecule has 0 fully saturated rings. The summed E-state index contributed by atoms with van der Waals surface area (Å²) in [6.45, 7) is 4.52. The van der Waals surface area contributed by atoms with Crippen molar-refractivity contribution < 1.29 is 9.59 Å². The average molecular weight is 308 g/mol. The minimum Gasteiger partial charge on any atom is -0.326 e. The van der Waals surface area contributed by atoms with Crippen LogP contribution in [0.25, 0.3) is 0 Å². The SMILES string of the molecule is CCN(C(=O)[C@H]1CC(=O)Nc2ccccc21)c1ccccc1C. The number of benzene rings is 2. The van der Waals surface area contributed by atoms with Crippen LogP contribution in [0.5, 0.6) is 0 Å². The second kappa shape index (κ2) is 6.24. The van der Waals surface area contributed by atoms with Crippen LogP contribution in [0.1, 0.15) is 30.4 Å². The van der Waals surface area contributed by atoms with Crippen molar-refractivity contribution in [2.75, 3.05) is 16.8 Å². The predicted molar refractivity (Wildman–Crippen MR) is 91.6 cm³/mol. The van der Waals surface area contributed by atoms with Gasteiger partial charge in [-0.2, -0.15) is 0 Å². The molecule has 118 valence electrons. The number of nitrogens with one attached hydrogen (secondary N) is 1. The lowest BCUT2D eigenvalue weighted by Gasteiger charge is -2.31. The molecule has 0 aromatic heterocycles. The van der Waals surface area contributed by atoms with E-state index in [9.17, 15) is 9.59 Å². The van der Waals surface area contributed by atoms with E-state index in [1.54, 1.807) is 4.90 Å². The molecule has 2 aromatic rings. The number of fused-ring (bicyclic) bond motifs is 1. The Kier molecular flexibility index (Phi) is 4.15. The lowest BCUT2D eigenvalue weighted by molar-refractivity contribution is -0.124. The number of carbonyl (C=O) groups excluding carboxylic acids is 2. The van der Waals surface area contributed by atoms with E-state index < -0.39 is 5.92 Å². The van der Waals surface area contributed by atoms with E-state index in [0.717, 1.165) is 22.5 Å². The molecule has 23 heavy (non-hydrogen) atoms. The fourth-order valence-electron chi connectivity index (χ4n) is 3.13. The Morgan fingerprint density at radius 2 is 1.87 bits per heavy atom. The highest BCUT2D eigenvalue weighted by molar-refractivity contribution is 6.06. The molecule has 1 atom stereocenters. The summed E-state index contributed by atoms with van der Waals surface area (Å²) in [4.78, 5) is 26.9. The highest BCUT2D eigenvalue weighted by Gasteiger charge is 2.33. The third-order valence-electron chi connectivity index (χ3n) is 4.29. The Bertz CT molecular complexity index is 755. The second-order valence-electron chi connectivity index (χ2n) is 5.76. The van der Waals surface area contributed by atoms with Crippen LogP contribution in [0.4, 0.5) is 11.4 Å². The number of hydrogen-bond acceptors (Lipinski definition) is 2. The molecular weight excluding hydrogens is 288 g/mol. The molecule has 0 unspecified atom stereocenters. The van der Waals surface area contributed by atoms with Crippen molar-refractivity contribution in [3.8, 4) is 0 Å². The molecule has 1 heterocycles. The molecule has 4 heteroatoms. The number of para-hydroxylation sites is 2. The van der Waals surface area contributed by atoms with Gasteiger partial charge in [-0.15, -0.1) is 0 Å². The molecule has 3 rings (SSSR count). The Morgan fingerprint density at radius 3 is 2.61 bits per heavy atom. The van der Waals surface area contributed by atoms with Crippen LogP contribution < -0.4 is 10.2 Å². The summed E-state index contributed by atoms with van der Waals surface area (Å²) in [5.41, 5.74) is 3.59. The van der Waals surface area contributed by atoms with E-state index >= 15 is 0 Å². The first kappa shape index (κ1) is 15.3. The molecule has 0 spiro atoms. The van der Waals surface area contributed by atoms with Gasteiger partial charge < -0.3 is 10.2 Å². The minimum absolute atomic E-state index is 0.0240. The standard InChI is InChI=1S/C19H20N2O2/c1-3-21(17-11-7-4-8-13(17)2)19(23)15-12-18(22)20-16-10-6-5-9-14(15)16/h4-11,15H,3,12H2,1-2H3,(H,20,22)/t15-/m0/s1. The second-order valence-corrected chi connectivity index (χ2v) is 5.76. The smallest absolute Gasteiger partial charge is 0.235 e.